The molecule has 104 valence electrons. The molecule has 0 saturated carbocycles. The highest BCUT2D eigenvalue weighted by molar-refractivity contribution is 5.34. The highest BCUT2D eigenvalue weighted by Crippen LogP contribution is 2.30. The van der Waals surface area contributed by atoms with Gasteiger partial charge in [-0.3, -0.25) is 4.90 Å². The molecule has 2 aromatic carbocycles. The Bertz CT molecular complexity index is 484. The van der Waals surface area contributed by atoms with Crippen molar-refractivity contribution in [1.29, 1.82) is 0 Å². The number of nitrogens with one attached hydrogen (secondary N) is 1. The molecule has 1 saturated heterocycles. The fourth-order valence-electron chi connectivity index (χ4n) is 3.16. The van der Waals surface area contributed by atoms with Crippen molar-refractivity contribution >= 4 is 0 Å². The molecule has 0 spiro atoms. The van der Waals surface area contributed by atoms with E-state index in [1.165, 1.54) is 11.1 Å². The van der Waals surface area contributed by atoms with Crippen LogP contribution in [0.3, 0.4) is 0 Å². The monoisotopic (exact) mass is 266 g/mol. The molecule has 0 radical (unpaired) electrons. The molecule has 0 aliphatic carbocycles. The lowest BCUT2D eigenvalue weighted by Crippen LogP contribution is -2.52. The topological polar surface area (TPSA) is 15.3 Å². The van der Waals surface area contributed by atoms with Gasteiger partial charge >= 0.3 is 0 Å². The van der Waals surface area contributed by atoms with Gasteiger partial charge in [-0.05, 0) is 18.2 Å². The first-order valence-electron chi connectivity index (χ1n) is 7.37. The summed E-state index contributed by atoms with van der Waals surface area (Å²) in [6, 6.07) is 22.3. The molecule has 1 atom stereocenters. The Morgan fingerprint density at radius 2 is 1.50 bits per heavy atom. The number of nitrogens with zero attached hydrogens (tertiary/aromatic N) is 1. The van der Waals surface area contributed by atoms with Gasteiger partial charge in [0.1, 0.15) is 0 Å². The Balaban J connectivity index is 1.99. The Hall–Kier alpha value is -1.64. The predicted octanol–water partition coefficient (Wildman–Crippen LogP) is 2.72. The van der Waals surface area contributed by atoms with E-state index in [1.54, 1.807) is 0 Å². The summed E-state index contributed by atoms with van der Waals surface area (Å²) in [6.07, 6.45) is 0. The predicted molar refractivity (Wildman–Crippen MR) is 84.0 cm³/mol. The maximum Gasteiger partial charge on any atom is 0.0327 e. The van der Waals surface area contributed by atoms with E-state index in [2.05, 4.69) is 77.9 Å². The highest BCUT2D eigenvalue weighted by atomic mass is 15.2. The highest BCUT2D eigenvalue weighted by Gasteiger charge is 2.29. The minimum Gasteiger partial charge on any atom is -0.314 e. The number of hydrogen-bond donors (Lipinski definition) is 1. The summed E-state index contributed by atoms with van der Waals surface area (Å²) in [5.41, 5.74) is 2.80. The lowest BCUT2D eigenvalue weighted by atomic mass is 9.83. The second-order valence-electron chi connectivity index (χ2n) is 5.55. The van der Waals surface area contributed by atoms with Gasteiger partial charge in [-0.1, -0.05) is 60.7 Å². The fourth-order valence-corrected chi connectivity index (χ4v) is 3.16. The Kier molecular flexibility index (Phi) is 4.14. The average Bonchev–Trinajstić information content (AvgIpc) is 2.52. The minimum absolute atomic E-state index is 0.426. The van der Waals surface area contributed by atoms with E-state index in [4.69, 9.17) is 0 Å². The van der Waals surface area contributed by atoms with E-state index in [1.807, 2.05) is 0 Å². The van der Waals surface area contributed by atoms with Crippen LogP contribution in [0.2, 0.25) is 0 Å². The largest absolute Gasteiger partial charge is 0.314 e. The van der Waals surface area contributed by atoms with Crippen molar-refractivity contribution in [2.75, 3.05) is 26.7 Å². The van der Waals surface area contributed by atoms with Gasteiger partial charge in [-0.15, -0.1) is 0 Å². The molecule has 2 nitrogen and oxygen atoms in total. The van der Waals surface area contributed by atoms with Crippen molar-refractivity contribution in [2.24, 2.45) is 0 Å². The second kappa shape index (κ2) is 6.21. The van der Waals surface area contributed by atoms with Gasteiger partial charge in [-0.2, -0.15) is 0 Å². The maximum absolute atomic E-state index is 3.54. The first-order valence-corrected chi connectivity index (χ1v) is 7.37. The van der Waals surface area contributed by atoms with Gasteiger partial charge in [0.2, 0.25) is 0 Å². The molecule has 1 fully saturated rings. The smallest absolute Gasteiger partial charge is 0.0327 e. The number of hydrogen-bond acceptors (Lipinski definition) is 2. The van der Waals surface area contributed by atoms with Gasteiger partial charge in [0.15, 0.2) is 0 Å². The molecule has 0 amide bonds. The maximum atomic E-state index is 3.54. The standard InChI is InChI=1S/C18H22N2/c1-20-13-12-19-14-17(20)18(15-8-4-2-5-9-15)16-10-6-3-7-11-16/h2-11,17-19H,12-14H2,1H3/t17-/m0/s1. The van der Waals surface area contributed by atoms with Crippen molar-refractivity contribution in [3.63, 3.8) is 0 Å². The summed E-state index contributed by atoms with van der Waals surface area (Å²) < 4.78 is 0. The van der Waals surface area contributed by atoms with Crippen LogP contribution in [0.1, 0.15) is 17.0 Å². The van der Waals surface area contributed by atoms with E-state index in [9.17, 15) is 0 Å². The van der Waals surface area contributed by atoms with Gasteiger partial charge in [0.05, 0.1) is 0 Å². The third-order valence-corrected chi connectivity index (χ3v) is 4.26. The number of piperazine rings is 1. The summed E-state index contributed by atoms with van der Waals surface area (Å²) in [6.45, 7) is 3.25. The first-order chi connectivity index (χ1) is 9.86. The van der Waals surface area contributed by atoms with Crippen molar-refractivity contribution in [1.82, 2.24) is 10.2 Å². The van der Waals surface area contributed by atoms with Crippen LogP contribution in [0.15, 0.2) is 60.7 Å². The normalized spacial score (nSPS) is 20.2. The van der Waals surface area contributed by atoms with Crippen LogP contribution in [-0.2, 0) is 0 Å². The molecule has 1 N–H and O–H groups in total. The minimum atomic E-state index is 0.426. The van der Waals surface area contributed by atoms with Crippen molar-refractivity contribution in [3.05, 3.63) is 71.8 Å². The summed E-state index contributed by atoms with van der Waals surface area (Å²) in [5.74, 6) is 0.426. The second-order valence-corrected chi connectivity index (χ2v) is 5.55. The summed E-state index contributed by atoms with van der Waals surface area (Å²) in [7, 11) is 2.24. The molecule has 0 bridgehead atoms. The molecule has 20 heavy (non-hydrogen) atoms. The zero-order chi connectivity index (χ0) is 13.8. The molecule has 0 aromatic heterocycles. The van der Waals surface area contributed by atoms with Gasteiger partial charge in [-0.25, -0.2) is 0 Å². The number of rotatable bonds is 3. The average molecular weight is 266 g/mol. The molecule has 2 heteroatoms. The zero-order valence-electron chi connectivity index (χ0n) is 12.0. The quantitative estimate of drug-likeness (QED) is 0.919. The van der Waals surface area contributed by atoms with Gasteiger partial charge in [0.25, 0.3) is 0 Å². The van der Waals surface area contributed by atoms with Crippen LogP contribution in [0.25, 0.3) is 0 Å². The van der Waals surface area contributed by atoms with Crippen molar-refractivity contribution < 1.29 is 0 Å². The zero-order valence-corrected chi connectivity index (χ0v) is 12.0. The van der Waals surface area contributed by atoms with Gasteiger partial charge in [0, 0.05) is 31.6 Å². The van der Waals surface area contributed by atoms with Crippen LogP contribution in [0, 0.1) is 0 Å². The summed E-state index contributed by atoms with van der Waals surface area (Å²) in [5, 5.41) is 3.54. The van der Waals surface area contributed by atoms with Crippen LogP contribution in [0.5, 0.6) is 0 Å². The van der Waals surface area contributed by atoms with Crippen LogP contribution in [-0.4, -0.2) is 37.6 Å². The molecular formula is C18H22N2. The van der Waals surface area contributed by atoms with E-state index >= 15 is 0 Å². The Labute approximate surface area is 121 Å². The first kappa shape index (κ1) is 13.3. The van der Waals surface area contributed by atoms with E-state index in [-0.39, 0.29) is 0 Å². The van der Waals surface area contributed by atoms with Gasteiger partial charge < -0.3 is 5.32 Å². The molecule has 3 rings (SSSR count). The Morgan fingerprint density at radius 3 is 2.00 bits per heavy atom. The third kappa shape index (κ3) is 2.77. The molecule has 1 aliphatic rings. The van der Waals surface area contributed by atoms with E-state index in [0.29, 0.717) is 12.0 Å². The summed E-state index contributed by atoms with van der Waals surface area (Å²) >= 11 is 0. The SMILES string of the molecule is CN1CCNC[C@H]1C(c1ccccc1)c1ccccc1. The van der Waals surface area contributed by atoms with Crippen LogP contribution < -0.4 is 5.32 Å². The molecule has 1 heterocycles. The summed E-state index contributed by atoms with van der Waals surface area (Å²) in [4.78, 5) is 2.49. The number of likely N-dealkylation sites (N-methyl/N-ethyl adjacent to an activating group) is 1. The molecule has 2 aromatic rings. The lowest BCUT2D eigenvalue weighted by Gasteiger charge is -2.39. The third-order valence-electron chi connectivity index (χ3n) is 4.26. The molecular weight excluding hydrogens is 244 g/mol. The molecule has 1 aliphatic heterocycles. The van der Waals surface area contributed by atoms with Crippen LogP contribution in [0.4, 0.5) is 0 Å². The van der Waals surface area contributed by atoms with Crippen molar-refractivity contribution in [3.8, 4) is 0 Å². The molecule has 0 unspecified atom stereocenters. The Morgan fingerprint density at radius 1 is 0.950 bits per heavy atom. The van der Waals surface area contributed by atoms with Crippen molar-refractivity contribution in [2.45, 2.75) is 12.0 Å². The lowest BCUT2D eigenvalue weighted by molar-refractivity contribution is 0.184. The number of benzene rings is 2. The fraction of sp³-hybridized carbons (Fsp3) is 0.333. The van der Waals surface area contributed by atoms with E-state index < -0.39 is 0 Å². The van der Waals surface area contributed by atoms with Crippen LogP contribution >= 0.6 is 0 Å². The van der Waals surface area contributed by atoms with E-state index in [0.717, 1.165) is 19.6 Å².